The summed E-state index contributed by atoms with van der Waals surface area (Å²) >= 11 is 1.55. The topological polar surface area (TPSA) is 45.7 Å². The van der Waals surface area contributed by atoms with Crippen LogP contribution in [0.2, 0.25) is 0 Å². The molecule has 0 N–H and O–H groups in total. The van der Waals surface area contributed by atoms with Crippen molar-refractivity contribution in [3.8, 4) is 5.75 Å². The lowest BCUT2D eigenvalue weighted by Gasteiger charge is -2.23. The Morgan fingerprint density at radius 1 is 1.07 bits per heavy atom. The van der Waals surface area contributed by atoms with E-state index in [0.29, 0.717) is 6.54 Å². The van der Waals surface area contributed by atoms with Crippen LogP contribution in [-0.4, -0.2) is 50.1 Å². The highest BCUT2D eigenvalue weighted by Gasteiger charge is 2.23. The number of ether oxygens (including phenoxy) is 1. The maximum Gasteiger partial charge on any atom is 0.260 e. The van der Waals surface area contributed by atoms with E-state index in [2.05, 4.69) is 17.0 Å². The van der Waals surface area contributed by atoms with Crippen LogP contribution < -0.4 is 9.64 Å². The largest absolute Gasteiger partial charge is 0.497 e. The SMILES string of the molecule is COc1ccc2sc(N(CCN(C)C)C(=O)c3ccc4c(c3)CCCC4)nc2c1. The van der Waals surface area contributed by atoms with E-state index in [1.54, 1.807) is 18.4 Å². The van der Waals surface area contributed by atoms with Gasteiger partial charge in [0.25, 0.3) is 5.91 Å². The van der Waals surface area contributed by atoms with Crippen molar-refractivity contribution in [3.05, 3.63) is 53.1 Å². The summed E-state index contributed by atoms with van der Waals surface area (Å²) in [6.07, 6.45) is 4.63. The quantitative estimate of drug-likeness (QED) is 0.606. The maximum atomic E-state index is 13.5. The summed E-state index contributed by atoms with van der Waals surface area (Å²) in [5.74, 6) is 0.793. The van der Waals surface area contributed by atoms with Crippen LogP contribution in [0, 0.1) is 0 Å². The van der Waals surface area contributed by atoms with Gasteiger partial charge in [0.15, 0.2) is 5.13 Å². The van der Waals surface area contributed by atoms with E-state index in [1.165, 1.54) is 24.0 Å². The van der Waals surface area contributed by atoms with Crippen molar-refractivity contribution in [1.82, 2.24) is 9.88 Å². The Balaban J connectivity index is 1.68. The van der Waals surface area contributed by atoms with Gasteiger partial charge in [0, 0.05) is 24.7 Å². The van der Waals surface area contributed by atoms with Crippen molar-refractivity contribution in [2.45, 2.75) is 25.7 Å². The third kappa shape index (κ3) is 4.28. The lowest BCUT2D eigenvalue weighted by atomic mass is 9.90. The first kappa shape index (κ1) is 19.9. The summed E-state index contributed by atoms with van der Waals surface area (Å²) in [6, 6.07) is 12.1. The highest BCUT2D eigenvalue weighted by Crippen LogP contribution is 2.32. The van der Waals surface area contributed by atoms with E-state index >= 15 is 0 Å². The van der Waals surface area contributed by atoms with Gasteiger partial charge in [-0.1, -0.05) is 17.4 Å². The summed E-state index contributed by atoms with van der Waals surface area (Å²) < 4.78 is 6.37. The molecule has 1 aliphatic rings. The van der Waals surface area contributed by atoms with Crippen molar-refractivity contribution < 1.29 is 9.53 Å². The lowest BCUT2D eigenvalue weighted by Crippen LogP contribution is -2.36. The Kier molecular flexibility index (Phi) is 5.83. The number of fused-ring (bicyclic) bond motifs is 2. The average Bonchev–Trinajstić information content (AvgIpc) is 3.15. The third-order valence-electron chi connectivity index (χ3n) is 5.43. The van der Waals surface area contributed by atoms with Gasteiger partial charge in [-0.15, -0.1) is 0 Å². The molecule has 0 fully saturated rings. The molecule has 4 rings (SSSR count). The van der Waals surface area contributed by atoms with Gasteiger partial charge in [0.2, 0.25) is 0 Å². The molecule has 2 aromatic carbocycles. The van der Waals surface area contributed by atoms with Crippen molar-refractivity contribution >= 4 is 32.6 Å². The highest BCUT2D eigenvalue weighted by molar-refractivity contribution is 7.22. The number of rotatable bonds is 6. The molecule has 0 bridgehead atoms. The third-order valence-corrected chi connectivity index (χ3v) is 6.49. The van der Waals surface area contributed by atoms with E-state index < -0.39 is 0 Å². The molecular weight excluding hydrogens is 382 g/mol. The van der Waals surface area contributed by atoms with Crippen LogP contribution >= 0.6 is 11.3 Å². The Bertz CT molecular complexity index is 1030. The number of hydrogen-bond acceptors (Lipinski definition) is 5. The van der Waals surface area contributed by atoms with Gasteiger partial charge in [0.1, 0.15) is 5.75 Å². The number of amides is 1. The van der Waals surface area contributed by atoms with E-state index in [4.69, 9.17) is 9.72 Å². The molecule has 0 saturated heterocycles. The van der Waals surface area contributed by atoms with Crippen LogP contribution in [0.1, 0.15) is 34.3 Å². The van der Waals surface area contributed by atoms with E-state index in [-0.39, 0.29) is 5.91 Å². The zero-order valence-electron chi connectivity index (χ0n) is 17.3. The van der Waals surface area contributed by atoms with Crippen LogP contribution in [0.25, 0.3) is 10.2 Å². The van der Waals surface area contributed by atoms with Gasteiger partial charge >= 0.3 is 0 Å². The number of aromatic nitrogens is 1. The van der Waals surface area contributed by atoms with Crippen molar-refractivity contribution in [2.75, 3.05) is 39.2 Å². The number of likely N-dealkylation sites (N-methyl/N-ethyl adjacent to an activating group) is 1. The molecule has 152 valence electrons. The van der Waals surface area contributed by atoms with Crippen LogP contribution in [0.15, 0.2) is 36.4 Å². The second-order valence-corrected chi connectivity index (χ2v) is 8.79. The maximum absolute atomic E-state index is 13.5. The van der Waals surface area contributed by atoms with Gasteiger partial charge in [-0.3, -0.25) is 9.69 Å². The first-order valence-electron chi connectivity index (χ1n) is 10.1. The number of carbonyl (C=O) groups is 1. The molecule has 29 heavy (non-hydrogen) atoms. The fourth-order valence-corrected chi connectivity index (χ4v) is 4.71. The molecule has 1 aliphatic carbocycles. The first-order valence-corrected chi connectivity index (χ1v) is 10.9. The number of aryl methyl sites for hydroxylation is 2. The number of methoxy groups -OCH3 is 1. The van der Waals surface area contributed by atoms with E-state index in [9.17, 15) is 4.79 Å². The van der Waals surface area contributed by atoms with Crippen molar-refractivity contribution in [1.29, 1.82) is 0 Å². The summed E-state index contributed by atoms with van der Waals surface area (Å²) in [4.78, 5) is 22.2. The second-order valence-electron chi connectivity index (χ2n) is 7.78. The molecule has 3 aromatic rings. The van der Waals surface area contributed by atoms with Gasteiger partial charge in [-0.05, 0) is 75.2 Å². The predicted molar refractivity (Wildman–Crippen MR) is 119 cm³/mol. The van der Waals surface area contributed by atoms with Crippen LogP contribution in [0.5, 0.6) is 5.75 Å². The highest BCUT2D eigenvalue weighted by atomic mass is 32.1. The molecule has 0 aliphatic heterocycles. The molecule has 0 saturated carbocycles. The second kappa shape index (κ2) is 8.51. The minimum absolute atomic E-state index is 0.0197. The summed E-state index contributed by atoms with van der Waals surface area (Å²) in [6.45, 7) is 1.37. The average molecular weight is 410 g/mol. The molecule has 6 heteroatoms. The molecule has 5 nitrogen and oxygen atoms in total. The zero-order chi connectivity index (χ0) is 20.4. The van der Waals surface area contributed by atoms with Crippen LogP contribution in [-0.2, 0) is 12.8 Å². The Labute approximate surface area is 175 Å². The normalized spacial score (nSPS) is 13.5. The lowest BCUT2D eigenvalue weighted by molar-refractivity contribution is 0.0985. The summed E-state index contributed by atoms with van der Waals surface area (Å²) in [5.41, 5.74) is 4.32. The van der Waals surface area contributed by atoms with Crippen molar-refractivity contribution in [3.63, 3.8) is 0 Å². The molecule has 1 heterocycles. The number of anilines is 1. The fourth-order valence-electron chi connectivity index (χ4n) is 3.74. The monoisotopic (exact) mass is 409 g/mol. The fraction of sp³-hybridized carbons (Fsp3) is 0.391. The van der Waals surface area contributed by atoms with Gasteiger partial charge in [-0.25, -0.2) is 4.98 Å². The molecule has 0 radical (unpaired) electrons. The van der Waals surface area contributed by atoms with Crippen LogP contribution in [0.4, 0.5) is 5.13 Å². The Morgan fingerprint density at radius 2 is 1.86 bits per heavy atom. The molecule has 0 atom stereocenters. The number of hydrogen-bond donors (Lipinski definition) is 0. The minimum atomic E-state index is 0.0197. The first-order chi connectivity index (χ1) is 14.0. The molecule has 1 aromatic heterocycles. The number of nitrogens with zero attached hydrogens (tertiary/aromatic N) is 3. The van der Waals surface area contributed by atoms with Gasteiger partial charge in [-0.2, -0.15) is 0 Å². The number of carbonyl (C=O) groups excluding carboxylic acids is 1. The molecule has 0 spiro atoms. The predicted octanol–water partition coefficient (Wildman–Crippen LogP) is 4.39. The molecular formula is C23H27N3O2S. The minimum Gasteiger partial charge on any atom is -0.497 e. The number of benzene rings is 2. The van der Waals surface area contributed by atoms with Gasteiger partial charge in [0.05, 0.1) is 17.3 Å². The van der Waals surface area contributed by atoms with E-state index in [1.807, 2.05) is 43.3 Å². The van der Waals surface area contributed by atoms with Gasteiger partial charge < -0.3 is 9.64 Å². The standard InChI is InChI=1S/C23H27N3O2S/c1-25(2)12-13-26(23-24-20-15-19(28-3)10-11-21(20)29-23)22(27)18-9-8-16-6-4-5-7-17(16)14-18/h8-11,14-15H,4-7,12-13H2,1-3H3. The van der Waals surface area contributed by atoms with E-state index in [0.717, 1.165) is 46.0 Å². The number of thiazole rings is 1. The Hall–Kier alpha value is -2.44. The Morgan fingerprint density at radius 3 is 2.62 bits per heavy atom. The zero-order valence-corrected chi connectivity index (χ0v) is 18.1. The molecule has 0 unspecified atom stereocenters. The smallest absolute Gasteiger partial charge is 0.260 e. The summed E-state index contributed by atoms with van der Waals surface area (Å²) in [7, 11) is 5.69. The van der Waals surface area contributed by atoms with Crippen molar-refractivity contribution in [2.24, 2.45) is 0 Å². The molecule has 1 amide bonds. The summed E-state index contributed by atoms with van der Waals surface area (Å²) in [5, 5.41) is 0.734. The van der Waals surface area contributed by atoms with Crippen LogP contribution in [0.3, 0.4) is 0 Å².